The third-order valence-corrected chi connectivity index (χ3v) is 4.22. The fraction of sp³-hybridized carbons (Fsp3) is 0.286. The molecule has 1 aromatic carbocycles. The van der Waals surface area contributed by atoms with Crippen LogP contribution in [-0.2, 0) is 13.0 Å². The van der Waals surface area contributed by atoms with Crippen LogP contribution in [0.2, 0.25) is 0 Å². The van der Waals surface area contributed by atoms with E-state index in [4.69, 9.17) is 11.6 Å². The van der Waals surface area contributed by atoms with Crippen molar-refractivity contribution in [2.45, 2.75) is 25.3 Å². The molecule has 0 fully saturated rings. The van der Waals surface area contributed by atoms with Crippen molar-refractivity contribution in [2.75, 3.05) is 0 Å². The Morgan fingerprint density at radius 1 is 1.38 bits per heavy atom. The fourth-order valence-corrected chi connectivity index (χ4v) is 3.07. The molecule has 0 amide bonds. The van der Waals surface area contributed by atoms with Crippen molar-refractivity contribution in [3.8, 4) is 0 Å². The van der Waals surface area contributed by atoms with Gasteiger partial charge < -0.3 is 4.57 Å². The van der Waals surface area contributed by atoms with Crippen molar-refractivity contribution in [3.05, 3.63) is 46.2 Å². The van der Waals surface area contributed by atoms with Gasteiger partial charge in [0.1, 0.15) is 17.2 Å². The Kier molecular flexibility index (Phi) is 3.91. The molecule has 0 bridgehead atoms. The van der Waals surface area contributed by atoms with Crippen LogP contribution in [0.3, 0.4) is 0 Å². The number of rotatable bonds is 4. The molecule has 0 saturated heterocycles. The molecule has 7 heteroatoms. The molecule has 2 aromatic heterocycles. The van der Waals surface area contributed by atoms with E-state index in [9.17, 15) is 8.78 Å². The number of imidazole rings is 1. The van der Waals surface area contributed by atoms with E-state index in [0.29, 0.717) is 24.3 Å². The molecule has 21 heavy (non-hydrogen) atoms. The van der Waals surface area contributed by atoms with Crippen LogP contribution in [-0.4, -0.2) is 14.5 Å². The molecule has 0 aliphatic heterocycles. The van der Waals surface area contributed by atoms with Gasteiger partial charge in [-0.15, -0.1) is 22.9 Å². The molecule has 0 radical (unpaired) electrons. The summed E-state index contributed by atoms with van der Waals surface area (Å²) in [7, 11) is 0. The van der Waals surface area contributed by atoms with E-state index in [1.54, 1.807) is 29.0 Å². The molecule has 3 aromatic rings. The van der Waals surface area contributed by atoms with Gasteiger partial charge in [-0.1, -0.05) is 0 Å². The van der Waals surface area contributed by atoms with Crippen LogP contribution >= 0.6 is 22.9 Å². The highest BCUT2D eigenvalue weighted by atomic mass is 35.5. The maximum Gasteiger partial charge on any atom is 0.153 e. The summed E-state index contributed by atoms with van der Waals surface area (Å²) >= 11 is 7.66. The summed E-state index contributed by atoms with van der Waals surface area (Å²) < 4.78 is 29.1. The van der Waals surface area contributed by atoms with Crippen LogP contribution < -0.4 is 0 Å². The number of nitrogens with zero attached hydrogens (tertiary/aromatic N) is 3. The molecule has 0 saturated carbocycles. The maximum absolute atomic E-state index is 13.8. The average Bonchev–Trinajstić information content (AvgIpc) is 3.03. The monoisotopic (exact) mass is 327 g/mol. The Balaban J connectivity index is 2.07. The fourth-order valence-electron chi connectivity index (χ4n) is 2.29. The Morgan fingerprint density at radius 2 is 2.19 bits per heavy atom. The minimum atomic E-state index is -0.670. The van der Waals surface area contributed by atoms with Gasteiger partial charge in [-0.3, -0.25) is 0 Å². The van der Waals surface area contributed by atoms with E-state index in [2.05, 4.69) is 9.97 Å². The van der Waals surface area contributed by atoms with E-state index in [1.165, 1.54) is 6.07 Å². The summed E-state index contributed by atoms with van der Waals surface area (Å²) in [6.07, 6.45) is 2.40. The number of hydrogen-bond donors (Lipinski definition) is 0. The van der Waals surface area contributed by atoms with E-state index in [-0.39, 0.29) is 5.52 Å². The zero-order valence-electron chi connectivity index (χ0n) is 11.2. The quantitative estimate of drug-likeness (QED) is 0.668. The highest BCUT2D eigenvalue weighted by Gasteiger charge is 2.18. The van der Waals surface area contributed by atoms with Crippen molar-refractivity contribution in [2.24, 2.45) is 0 Å². The summed E-state index contributed by atoms with van der Waals surface area (Å²) in [5.41, 5.74) is 0.574. The van der Waals surface area contributed by atoms with Crippen molar-refractivity contribution in [1.82, 2.24) is 14.5 Å². The SMILES string of the molecule is CC(Cl)c1nc2c(F)cc(F)cc2n1CCc1nccs1. The number of aryl methyl sites for hydroxylation is 2. The van der Waals surface area contributed by atoms with Crippen molar-refractivity contribution < 1.29 is 8.78 Å². The van der Waals surface area contributed by atoms with Crippen molar-refractivity contribution >= 4 is 34.0 Å². The second-order valence-corrected chi connectivity index (χ2v) is 6.30. The highest BCUT2D eigenvalue weighted by molar-refractivity contribution is 7.09. The van der Waals surface area contributed by atoms with Crippen LogP contribution in [0.4, 0.5) is 8.78 Å². The first-order valence-electron chi connectivity index (χ1n) is 6.44. The Bertz CT molecular complexity index is 768. The Labute approximate surface area is 129 Å². The van der Waals surface area contributed by atoms with Crippen LogP contribution in [0.1, 0.15) is 23.1 Å². The minimum absolute atomic E-state index is 0.151. The van der Waals surface area contributed by atoms with Crippen LogP contribution in [0.15, 0.2) is 23.7 Å². The first-order valence-corrected chi connectivity index (χ1v) is 7.75. The van der Waals surface area contributed by atoms with Gasteiger partial charge in [0.25, 0.3) is 0 Å². The van der Waals surface area contributed by atoms with Gasteiger partial charge in [-0.25, -0.2) is 18.7 Å². The maximum atomic E-state index is 13.8. The molecule has 3 nitrogen and oxygen atoms in total. The smallest absolute Gasteiger partial charge is 0.153 e. The molecule has 1 unspecified atom stereocenters. The van der Waals surface area contributed by atoms with Gasteiger partial charge in [-0.05, 0) is 13.0 Å². The summed E-state index contributed by atoms with van der Waals surface area (Å²) in [5, 5.41) is 2.46. The number of hydrogen-bond acceptors (Lipinski definition) is 3. The summed E-state index contributed by atoms with van der Waals surface area (Å²) in [6, 6.07) is 2.12. The summed E-state index contributed by atoms with van der Waals surface area (Å²) in [5.74, 6) is -0.756. The lowest BCUT2D eigenvalue weighted by molar-refractivity contribution is 0.589. The van der Waals surface area contributed by atoms with Gasteiger partial charge in [-0.2, -0.15) is 0 Å². The molecule has 1 atom stereocenters. The minimum Gasteiger partial charge on any atom is -0.326 e. The van der Waals surface area contributed by atoms with Gasteiger partial charge in [0, 0.05) is 30.6 Å². The average molecular weight is 328 g/mol. The van der Waals surface area contributed by atoms with E-state index < -0.39 is 17.0 Å². The molecule has 0 N–H and O–H groups in total. The number of fused-ring (bicyclic) bond motifs is 1. The number of thiazole rings is 1. The molecular formula is C14H12ClF2N3S. The van der Waals surface area contributed by atoms with E-state index >= 15 is 0 Å². The van der Waals surface area contributed by atoms with E-state index in [1.807, 2.05) is 5.38 Å². The molecule has 2 heterocycles. The van der Waals surface area contributed by atoms with Crippen LogP contribution in [0.5, 0.6) is 0 Å². The van der Waals surface area contributed by atoms with Gasteiger partial charge in [0.2, 0.25) is 0 Å². The summed E-state index contributed by atoms with van der Waals surface area (Å²) in [4.78, 5) is 8.43. The number of halogens is 3. The number of benzene rings is 1. The second kappa shape index (κ2) is 5.69. The van der Waals surface area contributed by atoms with E-state index in [0.717, 1.165) is 11.1 Å². The normalized spacial score (nSPS) is 13.0. The predicted molar refractivity (Wildman–Crippen MR) is 79.7 cm³/mol. The lowest BCUT2D eigenvalue weighted by atomic mass is 10.3. The van der Waals surface area contributed by atoms with Crippen molar-refractivity contribution in [1.29, 1.82) is 0 Å². The van der Waals surface area contributed by atoms with Crippen molar-refractivity contribution in [3.63, 3.8) is 0 Å². The zero-order chi connectivity index (χ0) is 15.0. The second-order valence-electron chi connectivity index (χ2n) is 4.67. The topological polar surface area (TPSA) is 30.7 Å². The number of aromatic nitrogens is 3. The molecule has 3 rings (SSSR count). The molecule has 0 aliphatic carbocycles. The molecule has 0 spiro atoms. The summed E-state index contributed by atoms with van der Waals surface area (Å²) in [6.45, 7) is 2.29. The number of alkyl halides is 1. The van der Waals surface area contributed by atoms with Gasteiger partial charge >= 0.3 is 0 Å². The molecule has 110 valence electrons. The predicted octanol–water partition coefficient (Wildman–Crippen LogP) is 4.31. The van der Waals surface area contributed by atoms with Gasteiger partial charge in [0.15, 0.2) is 5.82 Å². The molecular weight excluding hydrogens is 316 g/mol. The Morgan fingerprint density at radius 3 is 2.86 bits per heavy atom. The molecule has 0 aliphatic rings. The Hall–Kier alpha value is -1.53. The third kappa shape index (κ3) is 2.78. The highest BCUT2D eigenvalue weighted by Crippen LogP contribution is 2.27. The van der Waals surface area contributed by atoms with Crippen LogP contribution in [0, 0.1) is 11.6 Å². The lowest BCUT2D eigenvalue weighted by Crippen LogP contribution is -2.07. The zero-order valence-corrected chi connectivity index (χ0v) is 12.8. The lowest BCUT2D eigenvalue weighted by Gasteiger charge is -2.09. The first kappa shape index (κ1) is 14.4. The van der Waals surface area contributed by atoms with Gasteiger partial charge in [0.05, 0.1) is 15.9 Å². The first-order chi connectivity index (χ1) is 10.1. The standard InChI is InChI=1S/C14H12ClF2N3S/c1-8(15)14-19-13-10(17)6-9(16)7-11(13)20(14)4-2-12-18-3-5-21-12/h3,5-8H,2,4H2,1H3. The largest absolute Gasteiger partial charge is 0.326 e. The van der Waals surface area contributed by atoms with Crippen LogP contribution in [0.25, 0.3) is 11.0 Å². The third-order valence-electron chi connectivity index (χ3n) is 3.19.